The Morgan fingerprint density at radius 2 is 2.09 bits per heavy atom. The van der Waals surface area contributed by atoms with Crippen molar-refractivity contribution in [1.29, 1.82) is 0 Å². The number of likely N-dealkylation sites (tertiary alicyclic amines) is 1. The molecule has 1 aromatic rings. The number of hydrogen-bond acceptors (Lipinski definition) is 6. The Morgan fingerprint density at radius 1 is 1.25 bits per heavy atom. The summed E-state index contributed by atoms with van der Waals surface area (Å²) in [6.45, 7) is 4.19. The van der Waals surface area contributed by atoms with Gasteiger partial charge < -0.3 is 24.8 Å². The summed E-state index contributed by atoms with van der Waals surface area (Å²) in [5.74, 6) is -0.0508. The van der Waals surface area contributed by atoms with E-state index in [0.717, 1.165) is 32.4 Å². The summed E-state index contributed by atoms with van der Waals surface area (Å²) in [4.78, 5) is 49.4. The Balaban J connectivity index is 1.58. The van der Waals surface area contributed by atoms with E-state index in [9.17, 15) is 14.4 Å². The Kier molecular flexibility index (Phi) is 7.36. The third-order valence-corrected chi connectivity index (χ3v) is 6.57. The lowest BCUT2D eigenvalue weighted by Crippen LogP contribution is -2.48. The van der Waals surface area contributed by atoms with Gasteiger partial charge in [0.25, 0.3) is 5.91 Å². The highest BCUT2D eigenvalue weighted by Gasteiger charge is 2.46. The molecule has 2 unspecified atom stereocenters. The molecule has 1 saturated carbocycles. The SMILES string of the molecule is COCCN(C(=O)C1CC1)C1CC(C(=O)N2CCCNCC2)N(C(=O)c2cccnc2)C1. The predicted octanol–water partition coefficient (Wildman–Crippen LogP) is 0.372. The molecule has 9 nitrogen and oxygen atoms in total. The number of ether oxygens (including phenoxy) is 1. The molecule has 2 atom stereocenters. The lowest BCUT2D eigenvalue weighted by atomic mass is 10.1. The van der Waals surface area contributed by atoms with E-state index in [2.05, 4.69) is 10.3 Å². The standard InChI is InChI=1S/C23H33N5O4/c1-32-13-12-27(21(29)17-5-6-17)19-14-20(23(31)26-10-3-8-24-9-11-26)28(16-19)22(30)18-4-2-7-25-15-18/h2,4,7,15,17,19-20,24H,3,5-6,8-14,16H2,1H3. The van der Waals surface area contributed by atoms with Crippen LogP contribution in [-0.2, 0) is 14.3 Å². The first-order chi connectivity index (χ1) is 15.6. The minimum atomic E-state index is -0.581. The van der Waals surface area contributed by atoms with Gasteiger partial charge in [-0.1, -0.05) is 0 Å². The highest BCUT2D eigenvalue weighted by atomic mass is 16.5. The van der Waals surface area contributed by atoms with Crippen LogP contribution in [-0.4, -0.2) is 102 Å². The molecule has 2 saturated heterocycles. The molecule has 4 rings (SSSR count). The summed E-state index contributed by atoms with van der Waals surface area (Å²) in [5.41, 5.74) is 0.459. The van der Waals surface area contributed by atoms with Gasteiger partial charge in [0, 0.05) is 58.1 Å². The molecule has 9 heteroatoms. The van der Waals surface area contributed by atoms with Crippen molar-refractivity contribution in [3.05, 3.63) is 30.1 Å². The van der Waals surface area contributed by atoms with E-state index in [1.54, 1.807) is 30.3 Å². The van der Waals surface area contributed by atoms with Gasteiger partial charge >= 0.3 is 0 Å². The topological polar surface area (TPSA) is 95.1 Å². The number of amides is 3. The van der Waals surface area contributed by atoms with Crippen LogP contribution in [0.4, 0.5) is 0 Å². The molecule has 3 fully saturated rings. The van der Waals surface area contributed by atoms with Crippen molar-refractivity contribution in [2.75, 3.05) is 53.0 Å². The molecule has 1 aromatic heterocycles. The monoisotopic (exact) mass is 443 g/mol. The minimum absolute atomic E-state index is 0.0287. The molecule has 3 heterocycles. The number of nitrogens with zero attached hydrogens (tertiary/aromatic N) is 4. The number of aromatic nitrogens is 1. The maximum absolute atomic E-state index is 13.6. The molecule has 3 amide bonds. The summed E-state index contributed by atoms with van der Waals surface area (Å²) < 4.78 is 5.24. The summed E-state index contributed by atoms with van der Waals surface area (Å²) in [6, 6.07) is 2.67. The van der Waals surface area contributed by atoms with Gasteiger partial charge in [0.2, 0.25) is 11.8 Å². The Labute approximate surface area is 189 Å². The van der Waals surface area contributed by atoms with Gasteiger partial charge in [0.15, 0.2) is 0 Å². The third kappa shape index (κ3) is 5.10. The molecule has 0 spiro atoms. The van der Waals surface area contributed by atoms with Crippen LogP contribution in [0.1, 0.15) is 36.0 Å². The molecule has 0 bridgehead atoms. The first kappa shape index (κ1) is 22.7. The number of methoxy groups -OCH3 is 1. The highest BCUT2D eigenvalue weighted by Crippen LogP contribution is 2.34. The smallest absolute Gasteiger partial charge is 0.256 e. The molecule has 32 heavy (non-hydrogen) atoms. The lowest BCUT2D eigenvalue weighted by molar-refractivity contribution is -0.137. The molecule has 0 radical (unpaired) electrons. The van der Waals surface area contributed by atoms with Crippen molar-refractivity contribution in [1.82, 2.24) is 25.0 Å². The molecule has 1 aliphatic carbocycles. The van der Waals surface area contributed by atoms with Gasteiger partial charge in [-0.25, -0.2) is 0 Å². The fourth-order valence-corrected chi connectivity index (χ4v) is 4.66. The van der Waals surface area contributed by atoms with Gasteiger partial charge in [0.1, 0.15) is 6.04 Å². The summed E-state index contributed by atoms with van der Waals surface area (Å²) >= 11 is 0. The van der Waals surface area contributed by atoms with Crippen LogP contribution in [0.15, 0.2) is 24.5 Å². The second-order valence-electron chi connectivity index (χ2n) is 8.83. The Bertz CT molecular complexity index is 808. The number of rotatable bonds is 7. The average molecular weight is 444 g/mol. The van der Waals surface area contributed by atoms with E-state index in [1.807, 2.05) is 9.80 Å². The second kappa shape index (κ2) is 10.4. The second-order valence-corrected chi connectivity index (χ2v) is 8.83. The van der Waals surface area contributed by atoms with Crippen LogP contribution < -0.4 is 5.32 Å². The number of nitrogens with one attached hydrogen (secondary N) is 1. The van der Waals surface area contributed by atoms with Gasteiger partial charge in [-0.3, -0.25) is 19.4 Å². The molecule has 1 N–H and O–H groups in total. The predicted molar refractivity (Wildman–Crippen MR) is 118 cm³/mol. The largest absolute Gasteiger partial charge is 0.383 e. The molecular formula is C23H33N5O4. The minimum Gasteiger partial charge on any atom is -0.383 e. The normalized spacial score (nSPS) is 23.7. The van der Waals surface area contributed by atoms with Crippen LogP contribution in [0, 0.1) is 5.92 Å². The molecule has 2 aliphatic heterocycles. The van der Waals surface area contributed by atoms with Crippen LogP contribution in [0.25, 0.3) is 0 Å². The van der Waals surface area contributed by atoms with Crippen LogP contribution >= 0.6 is 0 Å². The maximum atomic E-state index is 13.6. The van der Waals surface area contributed by atoms with Crippen molar-refractivity contribution >= 4 is 17.7 Å². The number of pyridine rings is 1. The highest BCUT2D eigenvalue weighted by molar-refractivity contribution is 5.98. The lowest BCUT2D eigenvalue weighted by Gasteiger charge is -2.29. The van der Waals surface area contributed by atoms with Crippen molar-refractivity contribution < 1.29 is 19.1 Å². The average Bonchev–Trinajstić information content (AvgIpc) is 3.63. The first-order valence-corrected chi connectivity index (χ1v) is 11.6. The van der Waals surface area contributed by atoms with E-state index < -0.39 is 6.04 Å². The molecule has 0 aromatic carbocycles. The Morgan fingerprint density at radius 3 is 2.81 bits per heavy atom. The summed E-state index contributed by atoms with van der Waals surface area (Å²) in [5, 5.41) is 3.32. The van der Waals surface area contributed by atoms with Crippen molar-refractivity contribution in [3.8, 4) is 0 Å². The number of carbonyl (C=O) groups excluding carboxylic acids is 3. The molecule has 3 aliphatic rings. The van der Waals surface area contributed by atoms with Crippen LogP contribution in [0.3, 0.4) is 0 Å². The van der Waals surface area contributed by atoms with E-state index in [0.29, 0.717) is 44.8 Å². The van der Waals surface area contributed by atoms with E-state index in [4.69, 9.17) is 4.74 Å². The van der Waals surface area contributed by atoms with Crippen molar-refractivity contribution in [3.63, 3.8) is 0 Å². The number of hydrogen-bond donors (Lipinski definition) is 1. The zero-order valence-electron chi connectivity index (χ0n) is 18.7. The third-order valence-electron chi connectivity index (χ3n) is 6.57. The molecule has 174 valence electrons. The zero-order valence-corrected chi connectivity index (χ0v) is 18.7. The van der Waals surface area contributed by atoms with Crippen molar-refractivity contribution in [2.24, 2.45) is 5.92 Å². The van der Waals surface area contributed by atoms with E-state index in [-0.39, 0.29) is 29.7 Å². The fourth-order valence-electron chi connectivity index (χ4n) is 4.66. The zero-order chi connectivity index (χ0) is 22.5. The van der Waals surface area contributed by atoms with Crippen LogP contribution in [0.2, 0.25) is 0 Å². The maximum Gasteiger partial charge on any atom is 0.256 e. The summed E-state index contributed by atoms with van der Waals surface area (Å²) in [6.07, 6.45) is 6.32. The quantitative estimate of drug-likeness (QED) is 0.654. The van der Waals surface area contributed by atoms with Crippen LogP contribution in [0.5, 0.6) is 0 Å². The van der Waals surface area contributed by atoms with E-state index in [1.165, 1.54) is 6.20 Å². The van der Waals surface area contributed by atoms with E-state index >= 15 is 0 Å². The van der Waals surface area contributed by atoms with Gasteiger partial charge in [-0.15, -0.1) is 0 Å². The Hall–Kier alpha value is -2.52. The fraction of sp³-hybridized carbons (Fsp3) is 0.652. The van der Waals surface area contributed by atoms with Gasteiger partial charge in [-0.2, -0.15) is 0 Å². The first-order valence-electron chi connectivity index (χ1n) is 11.6. The van der Waals surface area contributed by atoms with Gasteiger partial charge in [-0.05, 0) is 44.4 Å². The van der Waals surface area contributed by atoms with Gasteiger partial charge in [0.05, 0.1) is 18.2 Å². The number of carbonyl (C=O) groups is 3. The van der Waals surface area contributed by atoms with Crippen molar-refractivity contribution in [2.45, 2.75) is 37.8 Å². The molecular weight excluding hydrogens is 410 g/mol. The summed E-state index contributed by atoms with van der Waals surface area (Å²) in [7, 11) is 1.62.